The summed E-state index contributed by atoms with van der Waals surface area (Å²) in [7, 11) is 0. The first-order valence-corrected chi connectivity index (χ1v) is 1.68. The summed E-state index contributed by atoms with van der Waals surface area (Å²) in [5.41, 5.74) is 0. The Labute approximate surface area is 68.0 Å². The van der Waals surface area contributed by atoms with Crippen LogP contribution in [-0.2, 0) is 25.7 Å². The molecule has 5 heavy (non-hydrogen) atoms. The maximum absolute atomic E-state index is 8.50. The Morgan fingerprint density at radius 1 is 1.20 bits per heavy atom. The van der Waals surface area contributed by atoms with Crippen LogP contribution in [-0.4, -0.2) is 43.2 Å². The number of hydrogen-bond acceptors (Lipinski definition) is 2. The average molecular weight is 140 g/mol. The van der Waals surface area contributed by atoms with Crippen LogP contribution in [0.1, 0.15) is 0 Å². The van der Waals surface area contributed by atoms with Crippen molar-refractivity contribution in [3.8, 4) is 0 Å². The minimum atomic E-state index is -2.00. The molecular weight excluding hydrogens is 136 g/mol. The second-order valence-corrected chi connectivity index (χ2v) is 0.344. The molecule has 0 aromatic rings. The molecule has 0 amide bonds. The summed E-state index contributed by atoms with van der Waals surface area (Å²) in [4.78, 5) is 0. The monoisotopic (exact) mass is 140 g/mol. The first-order chi connectivity index (χ1) is 1.41. The summed E-state index contributed by atoms with van der Waals surface area (Å²) in [5.74, 6) is 0. The molecule has 0 bridgehead atoms. The van der Waals surface area contributed by atoms with Crippen molar-refractivity contribution in [3.63, 3.8) is 0 Å². The van der Waals surface area contributed by atoms with Crippen molar-refractivity contribution in [3.05, 3.63) is 0 Å². The van der Waals surface area contributed by atoms with E-state index < -0.39 is 19.1 Å². The number of rotatable bonds is 0. The summed E-state index contributed by atoms with van der Waals surface area (Å²) in [6.45, 7) is 0. The SMILES string of the molecule is O.[CaH2].[O]=[Ti]=[O]. The van der Waals surface area contributed by atoms with Crippen molar-refractivity contribution in [2.45, 2.75) is 0 Å². The van der Waals surface area contributed by atoms with E-state index in [1.165, 1.54) is 0 Å². The van der Waals surface area contributed by atoms with Gasteiger partial charge in [-0.3, -0.25) is 0 Å². The van der Waals surface area contributed by atoms with Gasteiger partial charge >= 0.3 is 63.5 Å². The number of hydrogen-bond donors (Lipinski definition) is 0. The van der Waals surface area contributed by atoms with Gasteiger partial charge in [-0.05, 0) is 0 Å². The molecule has 2 N–H and O–H groups in total. The Hall–Kier alpha value is 1.53. The van der Waals surface area contributed by atoms with Crippen molar-refractivity contribution in [2.75, 3.05) is 0 Å². The van der Waals surface area contributed by atoms with Gasteiger partial charge in [-0.15, -0.1) is 0 Å². The van der Waals surface area contributed by atoms with Gasteiger partial charge in [0.25, 0.3) is 0 Å². The van der Waals surface area contributed by atoms with E-state index in [4.69, 9.17) is 6.65 Å². The van der Waals surface area contributed by atoms with Crippen molar-refractivity contribution in [2.24, 2.45) is 0 Å². The summed E-state index contributed by atoms with van der Waals surface area (Å²) < 4.78 is 17.0. The van der Waals surface area contributed by atoms with Crippen LogP contribution in [0.4, 0.5) is 0 Å². The van der Waals surface area contributed by atoms with Crippen LogP contribution in [0.2, 0.25) is 0 Å². The van der Waals surface area contributed by atoms with E-state index in [9.17, 15) is 0 Å². The van der Waals surface area contributed by atoms with E-state index in [1.807, 2.05) is 0 Å². The molecule has 3 nitrogen and oxygen atoms in total. The Balaban J connectivity index is -0.0000000200. The molecule has 0 saturated carbocycles. The third-order valence-corrected chi connectivity index (χ3v) is 0. The minimum absolute atomic E-state index is 0. The predicted molar refractivity (Wildman–Crippen MR) is 13.5 cm³/mol. The Bertz CT molecular complexity index is 27.9. The topological polar surface area (TPSA) is 65.6 Å². The van der Waals surface area contributed by atoms with Crippen LogP contribution in [0.15, 0.2) is 0 Å². The zero-order valence-electron chi connectivity index (χ0n) is 1.82. The molecular formula is H4CaO3Ti. The molecule has 0 unspecified atom stereocenters. The van der Waals surface area contributed by atoms with Crippen LogP contribution in [0.3, 0.4) is 0 Å². The molecule has 0 spiro atoms. The fraction of sp³-hybridized carbons (Fsp3) is 0. The van der Waals surface area contributed by atoms with E-state index >= 15 is 0 Å². The van der Waals surface area contributed by atoms with E-state index in [0.29, 0.717) is 0 Å². The Morgan fingerprint density at radius 2 is 1.20 bits per heavy atom. The Morgan fingerprint density at radius 3 is 1.20 bits per heavy atom. The molecule has 5 heteroatoms. The summed E-state index contributed by atoms with van der Waals surface area (Å²) in [6.07, 6.45) is 0. The van der Waals surface area contributed by atoms with Crippen LogP contribution in [0, 0.1) is 0 Å². The summed E-state index contributed by atoms with van der Waals surface area (Å²) in [5, 5.41) is 0. The molecule has 0 atom stereocenters. The van der Waals surface area contributed by atoms with E-state index in [0.717, 1.165) is 0 Å². The second-order valence-electron chi connectivity index (χ2n) is 0.0833. The second kappa shape index (κ2) is 17.7. The Kier molecular flexibility index (Phi) is 56.8. The molecule has 0 aliphatic heterocycles. The van der Waals surface area contributed by atoms with Gasteiger partial charge in [-0.2, -0.15) is 0 Å². The molecule has 0 aromatic carbocycles. The molecule has 0 aromatic heterocycles. The zero-order valence-corrected chi connectivity index (χ0v) is 3.38. The van der Waals surface area contributed by atoms with Gasteiger partial charge in [-0.1, -0.05) is 0 Å². The molecule has 0 saturated heterocycles. The summed E-state index contributed by atoms with van der Waals surface area (Å²) >= 11 is -2.00. The molecule has 28 valence electrons. The van der Waals surface area contributed by atoms with Gasteiger partial charge in [0, 0.05) is 0 Å². The van der Waals surface area contributed by atoms with Crippen molar-refractivity contribution in [1.82, 2.24) is 0 Å². The summed E-state index contributed by atoms with van der Waals surface area (Å²) in [6, 6.07) is 0. The third-order valence-electron chi connectivity index (χ3n) is 0. The molecule has 0 radical (unpaired) electrons. The quantitative estimate of drug-likeness (QED) is 0.366. The first-order valence-electron chi connectivity index (χ1n) is 0.408. The van der Waals surface area contributed by atoms with E-state index in [1.54, 1.807) is 0 Å². The zero-order chi connectivity index (χ0) is 2.71. The van der Waals surface area contributed by atoms with E-state index in [-0.39, 0.29) is 43.2 Å². The van der Waals surface area contributed by atoms with Gasteiger partial charge in [-0.25, -0.2) is 0 Å². The van der Waals surface area contributed by atoms with Crippen molar-refractivity contribution in [1.29, 1.82) is 0 Å². The fourth-order valence-corrected chi connectivity index (χ4v) is 0. The molecule has 0 aliphatic rings. The first kappa shape index (κ1) is 16.0. The molecule has 0 aliphatic carbocycles. The molecule has 0 heterocycles. The molecule has 0 rings (SSSR count). The fourth-order valence-electron chi connectivity index (χ4n) is 0. The van der Waals surface area contributed by atoms with E-state index in [2.05, 4.69) is 0 Å². The predicted octanol–water partition coefficient (Wildman–Crippen LogP) is -1.98. The van der Waals surface area contributed by atoms with Gasteiger partial charge in [0.1, 0.15) is 0 Å². The standard InChI is InChI=1S/Ca.H2O.2O.Ti.2H/h;1H2;;;;;. The van der Waals surface area contributed by atoms with Crippen molar-refractivity contribution >= 4 is 37.7 Å². The van der Waals surface area contributed by atoms with Crippen LogP contribution in [0.5, 0.6) is 0 Å². The van der Waals surface area contributed by atoms with Gasteiger partial charge in [0.05, 0.1) is 0 Å². The normalized spacial score (nSPS) is 1.60. The van der Waals surface area contributed by atoms with Gasteiger partial charge in [0.2, 0.25) is 0 Å². The van der Waals surface area contributed by atoms with Crippen LogP contribution >= 0.6 is 0 Å². The van der Waals surface area contributed by atoms with Gasteiger partial charge < -0.3 is 5.48 Å². The van der Waals surface area contributed by atoms with Crippen molar-refractivity contribution < 1.29 is 31.2 Å². The van der Waals surface area contributed by atoms with Crippen LogP contribution in [0.25, 0.3) is 0 Å². The van der Waals surface area contributed by atoms with Gasteiger partial charge in [0.15, 0.2) is 0 Å². The maximum atomic E-state index is 8.50. The molecule has 0 fully saturated rings. The van der Waals surface area contributed by atoms with Crippen LogP contribution < -0.4 is 0 Å². The third kappa shape index (κ3) is 29.4. The average Bonchev–Trinajstić information content (AvgIpc) is 0.918.